The van der Waals surface area contributed by atoms with Gasteiger partial charge in [-0.3, -0.25) is 0 Å². The highest BCUT2D eigenvalue weighted by molar-refractivity contribution is 7.91. The second kappa shape index (κ2) is 5.43. The van der Waals surface area contributed by atoms with Crippen LogP contribution in [0.2, 0.25) is 0 Å². The second-order valence-corrected chi connectivity index (χ2v) is 7.10. The summed E-state index contributed by atoms with van der Waals surface area (Å²) in [6.07, 6.45) is 0.644. The quantitative estimate of drug-likeness (QED) is 0.917. The molecular weight excluding hydrogens is 298 g/mol. The molecule has 0 fully saturated rings. The van der Waals surface area contributed by atoms with Gasteiger partial charge in [-0.05, 0) is 12.0 Å². The molecule has 0 saturated carbocycles. The minimum atomic E-state index is -3.55. The molecule has 0 saturated heterocycles. The average molecular weight is 311 g/mol. The fourth-order valence-corrected chi connectivity index (χ4v) is 4.31. The summed E-state index contributed by atoms with van der Waals surface area (Å²) in [7, 11) is -3.55. The second-order valence-electron chi connectivity index (χ2n) is 4.26. The van der Waals surface area contributed by atoms with Crippen molar-refractivity contribution in [1.82, 2.24) is 4.72 Å². The predicted octanol–water partition coefficient (Wildman–Crippen LogP) is 2.00. The third kappa shape index (κ3) is 2.65. The van der Waals surface area contributed by atoms with Crippen molar-refractivity contribution in [2.24, 2.45) is 0 Å². The van der Waals surface area contributed by atoms with Gasteiger partial charge in [-0.1, -0.05) is 30.3 Å². The Hall–Kier alpha value is -1.57. The summed E-state index contributed by atoms with van der Waals surface area (Å²) in [5.74, 6) is 0.820. The number of fused-ring (bicyclic) bond motifs is 1. The minimum absolute atomic E-state index is 0.0742. The first-order valence-corrected chi connectivity index (χ1v) is 8.44. The fraction of sp³-hybridized carbons (Fsp3) is 0.231. The summed E-state index contributed by atoms with van der Waals surface area (Å²) in [6, 6.07) is 9.73. The lowest BCUT2D eigenvalue weighted by Crippen LogP contribution is -2.25. The van der Waals surface area contributed by atoms with Gasteiger partial charge in [0.25, 0.3) is 10.0 Å². The normalized spacial score (nSPS) is 13.6. The van der Waals surface area contributed by atoms with E-state index >= 15 is 0 Å². The van der Waals surface area contributed by atoms with Gasteiger partial charge in [0.05, 0.1) is 0 Å². The predicted molar refractivity (Wildman–Crippen MR) is 75.8 cm³/mol. The topological polar surface area (TPSA) is 64.6 Å². The highest BCUT2D eigenvalue weighted by atomic mass is 32.2. The number of benzene rings is 1. The van der Waals surface area contributed by atoms with Gasteiger partial charge in [0.2, 0.25) is 6.79 Å². The van der Waals surface area contributed by atoms with Crippen molar-refractivity contribution in [3.63, 3.8) is 0 Å². The summed E-state index contributed by atoms with van der Waals surface area (Å²) in [5, 5.41) is 1.65. The fourth-order valence-electron chi connectivity index (χ4n) is 1.92. The Morgan fingerprint density at radius 1 is 1.20 bits per heavy atom. The van der Waals surface area contributed by atoms with Crippen LogP contribution in [0.25, 0.3) is 0 Å². The lowest BCUT2D eigenvalue weighted by atomic mass is 10.2. The molecule has 1 N–H and O–H groups in total. The first-order chi connectivity index (χ1) is 9.67. The molecule has 0 radical (unpaired) electrons. The maximum atomic E-state index is 12.2. The standard InChI is InChI=1S/C13H13NO4S2/c15-20(16,13-12-11(8-19-13)17-9-18-12)14-7-6-10-4-2-1-3-5-10/h1-5,8,14H,6-7,9H2. The van der Waals surface area contributed by atoms with E-state index in [-0.39, 0.29) is 11.0 Å². The van der Waals surface area contributed by atoms with Gasteiger partial charge < -0.3 is 9.47 Å². The first kappa shape index (κ1) is 13.4. The summed E-state index contributed by atoms with van der Waals surface area (Å²) in [4.78, 5) is 0. The first-order valence-electron chi connectivity index (χ1n) is 6.07. The van der Waals surface area contributed by atoms with E-state index in [1.54, 1.807) is 5.38 Å². The third-order valence-electron chi connectivity index (χ3n) is 2.89. The number of rotatable bonds is 5. The van der Waals surface area contributed by atoms with Gasteiger partial charge in [-0.15, -0.1) is 11.3 Å². The minimum Gasteiger partial charge on any atom is -0.453 e. The van der Waals surface area contributed by atoms with Crippen LogP contribution in [0.4, 0.5) is 0 Å². The number of nitrogens with one attached hydrogen (secondary N) is 1. The summed E-state index contributed by atoms with van der Waals surface area (Å²) >= 11 is 1.10. The average Bonchev–Trinajstić information content (AvgIpc) is 3.01. The van der Waals surface area contributed by atoms with E-state index < -0.39 is 10.0 Å². The molecule has 0 spiro atoms. The number of hydrogen-bond acceptors (Lipinski definition) is 5. The lowest BCUT2D eigenvalue weighted by Gasteiger charge is -2.06. The lowest BCUT2D eigenvalue weighted by molar-refractivity contribution is 0.172. The Kier molecular flexibility index (Phi) is 3.64. The van der Waals surface area contributed by atoms with Crippen LogP contribution >= 0.6 is 11.3 Å². The molecule has 106 valence electrons. The van der Waals surface area contributed by atoms with Crippen LogP contribution in [0, 0.1) is 0 Å². The number of thiophene rings is 1. The van der Waals surface area contributed by atoms with E-state index in [1.807, 2.05) is 30.3 Å². The highest BCUT2D eigenvalue weighted by Gasteiger charge is 2.28. The van der Waals surface area contributed by atoms with Crippen LogP contribution in [0.1, 0.15) is 5.56 Å². The van der Waals surface area contributed by atoms with Crippen molar-refractivity contribution in [2.75, 3.05) is 13.3 Å². The Balaban J connectivity index is 1.67. The van der Waals surface area contributed by atoms with E-state index in [0.29, 0.717) is 24.5 Å². The molecule has 5 nitrogen and oxygen atoms in total. The number of ether oxygens (including phenoxy) is 2. The number of sulfonamides is 1. The van der Waals surface area contributed by atoms with Crippen LogP contribution in [-0.2, 0) is 16.4 Å². The van der Waals surface area contributed by atoms with Crippen molar-refractivity contribution in [2.45, 2.75) is 10.6 Å². The number of hydrogen-bond donors (Lipinski definition) is 1. The van der Waals surface area contributed by atoms with Crippen LogP contribution in [-0.4, -0.2) is 21.8 Å². The van der Waals surface area contributed by atoms with Crippen molar-refractivity contribution in [1.29, 1.82) is 0 Å². The molecule has 1 aromatic carbocycles. The Bertz CT molecular complexity index is 694. The molecule has 0 amide bonds. The Labute approximate surface area is 121 Å². The molecule has 2 heterocycles. The van der Waals surface area contributed by atoms with Crippen LogP contribution in [0.3, 0.4) is 0 Å². The molecule has 7 heteroatoms. The molecule has 2 aromatic rings. The molecule has 0 bridgehead atoms. The van der Waals surface area contributed by atoms with Crippen molar-refractivity contribution in [3.05, 3.63) is 41.3 Å². The SMILES string of the molecule is O=S(=O)(NCCc1ccccc1)c1scc2c1OCO2. The third-order valence-corrected chi connectivity index (χ3v) is 5.83. The zero-order valence-electron chi connectivity index (χ0n) is 10.5. The summed E-state index contributed by atoms with van der Waals surface area (Å²) < 4.78 is 37.5. The van der Waals surface area contributed by atoms with Crippen molar-refractivity contribution < 1.29 is 17.9 Å². The van der Waals surface area contributed by atoms with Gasteiger partial charge >= 0.3 is 0 Å². The van der Waals surface area contributed by atoms with E-state index in [9.17, 15) is 8.42 Å². The van der Waals surface area contributed by atoms with Crippen molar-refractivity contribution >= 4 is 21.4 Å². The zero-order valence-corrected chi connectivity index (χ0v) is 12.2. The van der Waals surface area contributed by atoms with E-state index in [0.717, 1.165) is 16.9 Å². The smallest absolute Gasteiger partial charge is 0.253 e. The monoisotopic (exact) mass is 311 g/mol. The van der Waals surface area contributed by atoms with Gasteiger partial charge in [-0.25, -0.2) is 13.1 Å². The van der Waals surface area contributed by atoms with Gasteiger partial charge in [-0.2, -0.15) is 0 Å². The molecule has 0 aliphatic carbocycles. The van der Waals surface area contributed by atoms with Gasteiger partial charge in [0.15, 0.2) is 15.7 Å². The van der Waals surface area contributed by atoms with Crippen LogP contribution in [0.15, 0.2) is 39.9 Å². The zero-order chi connectivity index (χ0) is 14.0. The van der Waals surface area contributed by atoms with Crippen LogP contribution < -0.4 is 14.2 Å². The Morgan fingerprint density at radius 3 is 2.80 bits per heavy atom. The van der Waals surface area contributed by atoms with Gasteiger partial charge in [0.1, 0.15) is 0 Å². The Morgan fingerprint density at radius 2 is 2.00 bits per heavy atom. The summed E-state index contributed by atoms with van der Waals surface area (Å²) in [5.41, 5.74) is 1.09. The maximum Gasteiger partial charge on any atom is 0.253 e. The van der Waals surface area contributed by atoms with E-state index in [1.165, 1.54) is 0 Å². The molecule has 1 aromatic heterocycles. The maximum absolute atomic E-state index is 12.2. The highest BCUT2D eigenvalue weighted by Crippen LogP contribution is 2.43. The largest absolute Gasteiger partial charge is 0.453 e. The molecule has 1 aliphatic rings. The van der Waals surface area contributed by atoms with Crippen LogP contribution in [0.5, 0.6) is 11.5 Å². The van der Waals surface area contributed by atoms with Crippen molar-refractivity contribution in [3.8, 4) is 11.5 Å². The summed E-state index contributed by atoms with van der Waals surface area (Å²) in [6.45, 7) is 0.421. The van der Waals surface area contributed by atoms with E-state index in [4.69, 9.17) is 9.47 Å². The molecule has 0 unspecified atom stereocenters. The molecule has 20 heavy (non-hydrogen) atoms. The van der Waals surface area contributed by atoms with Gasteiger partial charge in [0, 0.05) is 11.9 Å². The molecular formula is C13H13NO4S2. The van der Waals surface area contributed by atoms with E-state index in [2.05, 4.69) is 4.72 Å². The molecule has 3 rings (SSSR count). The molecule has 0 atom stereocenters. The molecule has 1 aliphatic heterocycles.